The third-order valence-electron chi connectivity index (χ3n) is 3.26. The second-order valence-corrected chi connectivity index (χ2v) is 4.77. The molecule has 0 spiro atoms. The van der Waals surface area contributed by atoms with Crippen molar-refractivity contribution in [3.63, 3.8) is 0 Å². The summed E-state index contributed by atoms with van der Waals surface area (Å²) in [6, 6.07) is 3.69. The fourth-order valence-corrected chi connectivity index (χ4v) is 2.25. The van der Waals surface area contributed by atoms with E-state index in [-0.39, 0.29) is 24.3 Å². The van der Waals surface area contributed by atoms with Crippen LogP contribution in [0.3, 0.4) is 0 Å². The first-order chi connectivity index (χ1) is 9.63. The molecular weight excluding hydrogens is 263 g/mol. The van der Waals surface area contributed by atoms with Crippen molar-refractivity contribution < 1.29 is 18.7 Å². The average molecular weight is 282 g/mol. The number of benzene rings is 1. The Hall–Kier alpha value is -1.66. The molecular formula is C14H19FN2O3. The summed E-state index contributed by atoms with van der Waals surface area (Å²) >= 11 is 0. The van der Waals surface area contributed by atoms with Crippen LogP contribution >= 0.6 is 0 Å². The zero-order valence-electron chi connectivity index (χ0n) is 11.4. The maximum Gasteiger partial charge on any atom is 0.239 e. The third-order valence-corrected chi connectivity index (χ3v) is 3.26. The highest BCUT2D eigenvalue weighted by molar-refractivity contribution is 5.82. The van der Waals surface area contributed by atoms with Gasteiger partial charge in [-0.15, -0.1) is 0 Å². The summed E-state index contributed by atoms with van der Waals surface area (Å²) in [7, 11) is 1.48. The molecule has 1 aliphatic heterocycles. The smallest absolute Gasteiger partial charge is 0.239 e. The summed E-state index contributed by atoms with van der Waals surface area (Å²) in [5.41, 5.74) is 6.34. The summed E-state index contributed by atoms with van der Waals surface area (Å²) in [5.74, 6) is -0.505. The van der Waals surface area contributed by atoms with Gasteiger partial charge < -0.3 is 20.5 Å². The molecule has 1 amide bonds. The number of hydrogen-bond donors (Lipinski definition) is 2. The molecule has 1 aliphatic rings. The second-order valence-electron chi connectivity index (χ2n) is 4.77. The quantitative estimate of drug-likeness (QED) is 0.868. The van der Waals surface area contributed by atoms with Crippen LogP contribution in [0.5, 0.6) is 5.75 Å². The van der Waals surface area contributed by atoms with E-state index in [1.54, 1.807) is 12.1 Å². The largest absolute Gasteiger partial charge is 0.490 e. The molecule has 2 unspecified atom stereocenters. The number of ether oxygens (including phenoxy) is 2. The van der Waals surface area contributed by atoms with Crippen molar-refractivity contribution in [3.05, 3.63) is 29.6 Å². The van der Waals surface area contributed by atoms with Gasteiger partial charge in [-0.25, -0.2) is 4.39 Å². The Balaban J connectivity index is 2.17. The lowest BCUT2D eigenvalue weighted by molar-refractivity contribution is -0.124. The van der Waals surface area contributed by atoms with E-state index in [4.69, 9.17) is 15.2 Å². The van der Waals surface area contributed by atoms with E-state index in [2.05, 4.69) is 5.32 Å². The second kappa shape index (κ2) is 6.67. The maximum atomic E-state index is 13.8. The molecule has 0 saturated carbocycles. The third kappa shape index (κ3) is 3.26. The number of methoxy groups -OCH3 is 1. The standard InChI is InChI=1S/C14H19FN2O3/c1-19-8-11(16)14(18)17-12-6-3-7-20-13-9(12)4-2-5-10(13)15/h2,4-5,11-12H,3,6-8,16H2,1H3,(H,17,18). The van der Waals surface area contributed by atoms with E-state index < -0.39 is 11.9 Å². The van der Waals surface area contributed by atoms with E-state index in [0.29, 0.717) is 18.6 Å². The fourth-order valence-electron chi connectivity index (χ4n) is 2.25. The Labute approximate surface area is 117 Å². The van der Waals surface area contributed by atoms with Gasteiger partial charge in [0.1, 0.15) is 6.04 Å². The molecule has 0 saturated heterocycles. The minimum absolute atomic E-state index is 0.144. The molecule has 20 heavy (non-hydrogen) atoms. The summed E-state index contributed by atoms with van der Waals surface area (Å²) in [6.45, 7) is 0.579. The number of carbonyl (C=O) groups is 1. The van der Waals surface area contributed by atoms with Gasteiger partial charge in [-0.1, -0.05) is 12.1 Å². The van der Waals surface area contributed by atoms with E-state index in [1.807, 2.05) is 0 Å². The number of hydrogen-bond acceptors (Lipinski definition) is 4. The average Bonchev–Trinajstić information content (AvgIpc) is 2.63. The van der Waals surface area contributed by atoms with Crippen LogP contribution in [0.25, 0.3) is 0 Å². The van der Waals surface area contributed by atoms with E-state index in [0.717, 1.165) is 6.42 Å². The molecule has 110 valence electrons. The number of carbonyl (C=O) groups excluding carboxylic acids is 1. The molecule has 1 aromatic carbocycles. The number of rotatable bonds is 4. The van der Waals surface area contributed by atoms with Crippen LogP contribution in [0.4, 0.5) is 4.39 Å². The Morgan fingerprint density at radius 1 is 1.65 bits per heavy atom. The molecule has 6 heteroatoms. The van der Waals surface area contributed by atoms with E-state index in [1.165, 1.54) is 13.2 Å². The van der Waals surface area contributed by atoms with E-state index >= 15 is 0 Å². The number of fused-ring (bicyclic) bond motifs is 1. The van der Waals surface area contributed by atoms with Gasteiger partial charge in [0.2, 0.25) is 5.91 Å². The van der Waals surface area contributed by atoms with Crippen molar-refractivity contribution >= 4 is 5.91 Å². The summed E-state index contributed by atoms with van der Waals surface area (Å²) in [4.78, 5) is 12.0. The first kappa shape index (κ1) is 14.7. The molecule has 5 nitrogen and oxygen atoms in total. The van der Waals surface area contributed by atoms with Crippen LogP contribution in [0.15, 0.2) is 18.2 Å². The zero-order chi connectivity index (χ0) is 14.5. The maximum absolute atomic E-state index is 13.8. The van der Waals surface area contributed by atoms with Crippen molar-refractivity contribution in [2.24, 2.45) is 5.73 Å². The fraction of sp³-hybridized carbons (Fsp3) is 0.500. The Kier molecular flexibility index (Phi) is 4.92. The van der Waals surface area contributed by atoms with Crippen molar-refractivity contribution in [1.82, 2.24) is 5.32 Å². The minimum Gasteiger partial charge on any atom is -0.490 e. The van der Waals surface area contributed by atoms with Crippen LogP contribution in [-0.2, 0) is 9.53 Å². The monoisotopic (exact) mass is 282 g/mol. The number of halogens is 1. The van der Waals surface area contributed by atoms with Gasteiger partial charge in [0.25, 0.3) is 0 Å². The molecule has 0 radical (unpaired) electrons. The highest BCUT2D eigenvalue weighted by Crippen LogP contribution is 2.33. The first-order valence-corrected chi connectivity index (χ1v) is 6.59. The van der Waals surface area contributed by atoms with Gasteiger partial charge in [0, 0.05) is 12.7 Å². The van der Waals surface area contributed by atoms with Crippen molar-refractivity contribution in [2.45, 2.75) is 24.9 Å². The lowest BCUT2D eigenvalue weighted by atomic mass is 10.0. The van der Waals surface area contributed by atoms with Gasteiger partial charge in [-0.05, 0) is 18.9 Å². The zero-order valence-corrected chi connectivity index (χ0v) is 11.4. The Morgan fingerprint density at radius 3 is 3.20 bits per heavy atom. The highest BCUT2D eigenvalue weighted by atomic mass is 19.1. The lowest BCUT2D eigenvalue weighted by Crippen LogP contribution is -2.44. The van der Waals surface area contributed by atoms with Crippen LogP contribution in [0, 0.1) is 5.82 Å². The van der Waals surface area contributed by atoms with Crippen LogP contribution in [0.1, 0.15) is 24.4 Å². The van der Waals surface area contributed by atoms with Crippen LogP contribution in [-0.4, -0.2) is 32.3 Å². The Morgan fingerprint density at radius 2 is 2.45 bits per heavy atom. The number of amides is 1. The van der Waals surface area contributed by atoms with Crippen LogP contribution < -0.4 is 15.8 Å². The summed E-state index contributed by atoms with van der Waals surface area (Å²) in [5, 5.41) is 2.84. The van der Waals surface area contributed by atoms with Gasteiger partial charge in [-0.2, -0.15) is 0 Å². The van der Waals surface area contributed by atoms with Crippen molar-refractivity contribution in [1.29, 1.82) is 0 Å². The molecule has 0 bridgehead atoms. The minimum atomic E-state index is -0.735. The molecule has 1 aromatic rings. The topological polar surface area (TPSA) is 73.6 Å². The Bertz CT molecular complexity index is 481. The normalized spacial score (nSPS) is 19.4. The molecule has 2 atom stereocenters. The van der Waals surface area contributed by atoms with Crippen LogP contribution in [0.2, 0.25) is 0 Å². The van der Waals surface area contributed by atoms with Gasteiger partial charge >= 0.3 is 0 Å². The number of para-hydroxylation sites is 1. The van der Waals surface area contributed by atoms with Gasteiger partial charge in [0.15, 0.2) is 11.6 Å². The van der Waals surface area contributed by atoms with Crippen molar-refractivity contribution in [2.75, 3.05) is 20.3 Å². The molecule has 1 heterocycles. The van der Waals surface area contributed by atoms with Crippen molar-refractivity contribution in [3.8, 4) is 5.75 Å². The molecule has 3 N–H and O–H groups in total. The van der Waals surface area contributed by atoms with Gasteiger partial charge in [0.05, 0.1) is 19.3 Å². The number of nitrogens with one attached hydrogen (secondary N) is 1. The predicted molar refractivity (Wildman–Crippen MR) is 71.9 cm³/mol. The van der Waals surface area contributed by atoms with Gasteiger partial charge in [-0.3, -0.25) is 4.79 Å². The summed E-state index contributed by atoms with van der Waals surface area (Å²) < 4.78 is 24.0. The molecule has 0 aliphatic carbocycles. The van der Waals surface area contributed by atoms with E-state index in [9.17, 15) is 9.18 Å². The first-order valence-electron chi connectivity index (χ1n) is 6.59. The SMILES string of the molecule is COCC(N)C(=O)NC1CCCOc2c(F)cccc21. The molecule has 0 aromatic heterocycles. The molecule has 2 rings (SSSR count). The highest BCUT2D eigenvalue weighted by Gasteiger charge is 2.25. The summed E-state index contributed by atoms with van der Waals surface area (Å²) in [6.07, 6.45) is 1.42. The number of nitrogens with two attached hydrogens (primary N) is 1. The lowest BCUT2D eigenvalue weighted by Gasteiger charge is -2.20. The molecule has 0 fully saturated rings. The predicted octanol–water partition coefficient (Wildman–Crippen LogP) is 1.13.